The third kappa shape index (κ3) is 5.15. The number of carbonyl (C=O) groups is 2. The maximum atomic E-state index is 12.7. The smallest absolute Gasteiger partial charge is 0.262 e. The molecule has 0 aliphatic carbocycles. The summed E-state index contributed by atoms with van der Waals surface area (Å²) >= 11 is 0. The molecule has 0 atom stereocenters. The maximum Gasteiger partial charge on any atom is 0.262 e. The molecular weight excluding hydrogens is 330 g/mol. The Kier molecular flexibility index (Phi) is 7.32. The summed E-state index contributed by atoms with van der Waals surface area (Å²) in [6, 6.07) is 15.6. The van der Waals surface area contributed by atoms with Crippen LogP contribution >= 0.6 is 0 Å². The van der Waals surface area contributed by atoms with Gasteiger partial charge in [0.15, 0.2) is 0 Å². The van der Waals surface area contributed by atoms with Crippen molar-refractivity contribution in [1.29, 1.82) is 0 Å². The van der Waals surface area contributed by atoms with E-state index in [4.69, 9.17) is 10.9 Å². The zero-order valence-corrected chi connectivity index (χ0v) is 14.9. The Morgan fingerprint density at radius 2 is 1.62 bits per heavy atom. The van der Waals surface area contributed by atoms with Gasteiger partial charge in [0.2, 0.25) is 0 Å². The van der Waals surface area contributed by atoms with E-state index in [1.165, 1.54) is 10.5 Å². The lowest BCUT2D eigenvalue weighted by Gasteiger charge is -2.21. The second kappa shape index (κ2) is 9.70. The molecule has 6 nitrogen and oxygen atoms in total. The molecule has 0 fully saturated rings. The fraction of sp³-hybridized carbons (Fsp3) is 0.300. The zero-order chi connectivity index (χ0) is 18.9. The minimum atomic E-state index is -0.636. The zero-order valence-electron chi connectivity index (χ0n) is 14.9. The Labute approximate surface area is 153 Å². The van der Waals surface area contributed by atoms with Gasteiger partial charge in [0.1, 0.15) is 6.54 Å². The van der Waals surface area contributed by atoms with Gasteiger partial charge in [0, 0.05) is 12.1 Å². The molecule has 0 saturated heterocycles. The van der Waals surface area contributed by atoms with Crippen molar-refractivity contribution in [2.45, 2.75) is 19.8 Å². The molecule has 6 heteroatoms. The Hall–Kier alpha value is -2.70. The van der Waals surface area contributed by atoms with Crippen LogP contribution in [0.5, 0.6) is 0 Å². The molecule has 0 aliphatic heterocycles. The van der Waals surface area contributed by atoms with Gasteiger partial charge >= 0.3 is 0 Å². The molecule has 0 unspecified atom stereocenters. The van der Waals surface area contributed by atoms with E-state index in [1.807, 2.05) is 12.1 Å². The molecule has 26 heavy (non-hydrogen) atoms. The first kappa shape index (κ1) is 19.6. The van der Waals surface area contributed by atoms with Crippen LogP contribution in [0.4, 0.5) is 0 Å². The molecule has 138 valence electrons. The van der Waals surface area contributed by atoms with E-state index in [1.54, 1.807) is 17.6 Å². The number of amides is 2. The number of rotatable bonds is 8. The van der Waals surface area contributed by atoms with Crippen molar-refractivity contribution < 1.29 is 14.8 Å². The lowest BCUT2D eigenvalue weighted by Crippen LogP contribution is -2.40. The Morgan fingerprint density at radius 3 is 2.12 bits per heavy atom. The number of carbonyl (C=O) groups excluding carboxylic acids is 2. The molecule has 0 spiro atoms. The maximum absolute atomic E-state index is 12.7. The van der Waals surface area contributed by atoms with Gasteiger partial charge in [0.05, 0.1) is 0 Å². The first-order valence-corrected chi connectivity index (χ1v) is 8.70. The predicted octanol–water partition coefficient (Wildman–Crippen LogP) is 2.21. The molecule has 0 saturated carbocycles. The van der Waals surface area contributed by atoms with Crippen molar-refractivity contribution in [2.75, 3.05) is 19.6 Å². The van der Waals surface area contributed by atoms with Gasteiger partial charge in [-0.2, -0.15) is 0 Å². The first-order chi connectivity index (χ1) is 12.6. The van der Waals surface area contributed by atoms with Crippen LogP contribution in [0.2, 0.25) is 0 Å². The normalized spacial score (nSPS) is 10.4. The summed E-state index contributed by atoms with van der Waals surface area (Å²) in [6.07, 6.45) is 1.57. The fourth-order valence-electron chi connectivity index (χ4n) is 2.66. The number of aryl methyl sites for hydroxylation is 1. The van der Waals surface area contributed by atoms with Crippen LogP contribution in [0.25, 0.3) is 11.1 Å². The largest absolute Gasteiger partial charge is 0.330 e. The molecule has 2 rings (SSSR count). The number of hydroxylamine groups is 1. The minimum Gasteiger partial charge on any atom is -0.330 e. The summed E-state index contributed by atoms with van der Waals surface area (Å²) in [5.74, 6) is -0.905. The van der Waals surface area contributed by atoms with E-state index in [9.17, 15) is 9.59 Å². The molecule has 0 bridgehead atoms. The molecule has 2 aromatic rings. The van der Waals surface area contributed by atoms with E-state index in [-0.39, 0.29) is 12.5 Å². The van der Waals surface area contributed by atoms with Crippen molar-refractivity contribution in [3.8, 4) is 11.1 Å². The summed E-state index contributed by atoms with van der Waals surface area (Å²) in [6.45, 7) is 2.67. The van der Waals surface area contributed by atoms with Crippen LogP contribution < -0.4 is 11.2 Å². The average Bonchev–Trinajstić information content (AvgIpc) is 2.70. The van der Waals surface area contributed by atoms with Crippen LogP contribution in [0, 0.1) is 0 Å². The molecule has 0 heterocycles. The van der Waals surface area contributed by atoms with E-state index >= 15 is 0 Å². The van der Waals surface area contributed by atoms with Crippen molar-refractivity contribution >= 4 is 11.8 Å². The van der Waals surface area contributed by atoms with Crippen LogP contribution in [-0.4, -0.2) is 41.6 Å². The van der Waals surface area contributed by atoms with Crippen LogP contribution in [0.1, 0.15) is 29.3 Å². The van der Waals surface area contributed by atoms with Crippen LogP contribution in [-0.2, 0) is 11.2 Å². The van der Waals surface area contributed by atoms with Crippen LogP contribution in [0.3, 0.4) is 0 Å². The van der Waals surface area contributed by atoms with Gasteiger partial charge in [0.25, 0.3) is 11.8 Å². The van der Waals surface area contributed by atoms with Gasteiger partial charge in [-0.25, -0.2) is 5.48 Å². The molecule has 4 N–H and O–H groups in total. The van der Waals surface area contributed by atoms with E-state index in [0.29, 0.717) is 25.1 Å². The van der Waals surface area contributed by atoms with E-state index < -0.39 is 5.91 Å². The molecule has 0 radical (unpaired) electrons. The quantitative estimate of drug-likeness (QED) is 0.500. The van der Waals surface area contributed by atoms with Gasteiger partial charge in [-0.15, -0.1) is 0 Å². The van der Waals surface area contributed by atoms with Crippen molar-refractivity contribution in [3.63, 3.8) is 0 Å². The molecule has 0 aliphatic rings. The van der Waals surface area contributed by atoms with E-state index in [0.717, 1.165) is 17.5 Å². The van der Waals surface area contributed by atoms with Crippen molar-refractivity contribution in [2.24, 2.45) is 5.73 Å². The predicted molar refractivity (Wildman–Crippen MR) is 101 cm³/mol. The third-order valence-corrected chi connectivity index (χ3v) is 4.21. The summed E-state index contributed by atoms with van der Waals surface area (Å²) in [4.78, 5) is 25.5. The molecule has 2 aromatic carbocycles. The average molecular weight is 355 g/mol. The minimum absolute atomic E-state index is 0.213. The van der Waals surface area contributed by atoms with Crippen molar-refractivity contribution in [3.05, 3.63) is 59.7 Å². The molecule has 0 aromatic heterocycles. The standard InChI is InChI=1S/C20H25N3O3/c1-2-15-4-6-16(7-5-15)17-8-10-18(11-9-17)20(25)23(13-3-12-21)14-19(24)22-26/h4-11,26H,2-3,12-14,21H2,1H3,(H,22,24). The number of nitrogens with one attached hydrogen (secondary N) is 1. The van der Waals surface area contributed by atoms with Gasteiger partial charge < -0.3 is 10.6 Å². The summed E-state index contributed by atoms with van der Waals surface area (Å²) in [7, 11) is 0. The topological polar surface area (TPSA) is 95.7 Å². The first-order valence-electron chi connectivity index (χ1n) is 8.70. The Balaban J connectivity index is 2.15. The van der Waals surface area contributed by atoms with Gasteiger partial charge in [-0.3, -0.25) is 14.8 Å². The highest BCUT2D eigenvalue weighted by molar-refractivity contribution is 5.96. The van der Waals surface area contributed by atoms with Crippen LogP contribution in [0.15, 0.2) is 48.5 Å². The SMILES string of the molecule is CCc1ccc(-c2ccc(C(=O)N(CCCN)CC(=O)NO)cc2)cc1. The van der Waals surface area contributed by atoms with Gasteiger partial charge in [-0.05, 0) is 48.2 Å². The molecular formula is C20H25N3O3. The summed E-state index contributed by atoms with van der Waals surface area (Å²) in [5.41, 5.74) is 10.9. The second-order valence-electron chi connectivity index (χ2n) is 6.03. The number of benzene rings is 2. The highest BCUT2D eigenvalue weighted by Gasteiger charge is 2.18. The highest BCUT2D eigenvalue weighted by Crippen LogP contribution is 2.21. The number of nitrogens with zero attached hydrogens (tertiary/aromatic N) is 1. The summed E-state index contributed by atoms with van der Waals surface area (Å²) < 4.78 is 0. The highest BCUT2D eigenvalue weighted by atomic mass is 16.5. The number of nitrogens with two attached hydrogens (primary N) is 1. The lowest BCUT2D eigenvalue weighted by atomic mass is 10.0. The number of hydrogen-bond donors (Lipinski definition) is 3. The molecule has 2 amide bonds. The lowest BCUT2D eigenvalue weighted by molar-refractivity contribution is -0.129. The van der Waals surface area contributed by atoms with E-state index in [2.05, 4.69) is 31.2 Å². The number of hydrogen-bond acceptors (Lipinski definition) is 4. The third-order valence-electron chi connectivity index (χ3n) is 4.21. The summed E-state index contributed by atoms with van der Waals surface area (Å²) in [5, 5.41) is 8.70. The fourth-order valence-corrected chi connectivity index (χ4v) is 2.66. The monoisotopic (exact) mass is 355 g/mol. The van der Waals surface area contributed by atoms with Crippen molar-refractivity contribution in [1.82, 2.24) is 10.4 Å². The second-order valence-corrected chi connectivity index (χ2v) is 6.03. The Morgan fingerprint density at radius 1 is 1.04 bits per heavy atom. The Bertz CT molecular complexity index is 727. The van der Waals surface area contributed by atoms with Gasteiger partial charge in [-0.1, -0.05) is 43.3 Å².